The van der Waals surface area contributed by atoms with Gasteiger partial charge >= 0.3 is 0 Å². The van der Waals surface area contributed by atoms with Crippen LogP contribution >= 0.6 is 27.5 Å². The van der Waals surface area contributed by atoms with Crippen molar-refractivity contribution >= 4 is 33.4 Å². The molecule has 18 heavy (non-hydrogen) atoms. The maximum atomic E-state index is 12.3. The van der Waals surface area contributed by atoms with Gasteiger partial charge in [-0.2, -0.15) is 0 Å². The first-order chi connectivity index (χ1) is 8.60. The summed E-state index contributed by atoms with van der Waals surface area (Å²) in [6.45, 7) is 2.91. The molecule has 1 aromatic heterocycles. The van der Waals surface area contributed by atoms with Crippen molar-refractivity contribution in [2.75, 3.05) is 19.7 Å². The highest BCUT2D eigenvalue weighted by Crippen LogP contribution is 2.19. The van der Waals surface area contributed by atoms with Crippen LogP contribution in [0.1, 0.15) is 30.1 Å². The Morgan fingerprint density at radius 2 is 2.28 bits per heavy atom. The van der Waals surface area contributed by atoms with E-state index in [9.17, 15) is 4.79 Å². The minimum atomic E-state index is -0.198. The van der Waals surface area contributed by atoms with Crippen molar-refractivity contribution < 1.29 is 9.90 Å². The van der Waals surface area contributed by atoms with Crippen LogP contribution in [-0.4, -0.2) is 40.6 Å². The Bertz CT molecular complexity index is 415. The van der Waals surface area contributed by atoms with Crippen molar-refractivity contribution in [3.63, 3.8) is 0 Å². The predicted octanol–water partition coefficient (Wildman–Crippen LogP) is 2.73. The summed E-state index contributed by atoms with van der Waals surface area (Å²) in [6.07, 6.45) is 3.42. The second-order valence-corrected chi connectivity index (χ2v) is 5.13. The first kappa shape index (κ1) is 15.4. The van der Waals surface area contributed by atoms with E-state index >= 15 is 0 Å². The van der Waals surface area contributed by atoms with Crippen LogP contribution in [0.3, 0.4) is 0 Å². The lowest BCUT2D eigenvalue weighted by Crippen LogP contribution is -2.34. The van der Waals surface area contributed by atoms with Gasteiger partial charge < -0.3 is 10.0 Å². The highest BCUT2D eigenvalue weighted by Gasteiger charge is 2.18. The lowest BCUT2D eigenvalue weighted by Gasteiger charge is -2.21. The number of unbranched alkanes of at least 4 members (excludes halogenated alkanes) is 1. The van der Waals surface area contributed by atoms with E-state index in [-0.39, 0.29) is 17.7 Å². The molecule has 6 heteroatoms. The van der Waals surface area contributed by atoms with Gasteiger partial charge in [0.1, 0.15) is 5.15 Å². The molecule has 1 rings (SSSR count). The Morgan fingerprint density at radius 1 is 1.56 bits per heavy atom. The Morgan fingerprint density at radius 3 is 2.89 bits per heavy atom. The Labute approximate surface area is 120 Å². The molecule has 0 aliphatic heterocycles. The van der Waals surface area contributed by atoms with Gasteiger partial charge in [0.05, 0.1) is 12.2 Å². The van der Waals surface area contributed by atoms with E-state index in [0.29, 0.717) is 23.1 Å². The second kappa shape index (κ2) is 7.71. The molecule has 0 radical (unpaired) electrons. The summed E-state index contributed by atoms with van der Waals surface area (Å²) in [5, 5.41) is 9.19. The number of amides is 1. The number of aliphatic hydroxyl groups excluding tert-OH is 1. The first-order valence-corrected chi connectivity index (χ1v) is 6.98. The van der Waals surface area contributed by atoms with Gasteiger partial charge in [-0.3, -0.25) is 4.79 Å². The van der Waals surface area contributed by atoms with Gasteiger partial charge in [0, 0.05) is 23.8 Å². The Hall–Kier alpha value is -0.650. The van der Waals surface area contributed by atoms with Gasteiger partial charge in [0.15, 0.2) is 0 Å². The lowest BCUT2D eigenvalue weighted by atomic mass is 10.2. The number of aromatic nitrogens is 1. The lowest BCUT2D eigenvalue weighted by molar-refractivity contribution is 0.0719. The van der Waals surface area contributed by atoms with Crippen molar-refractivity contribution in [1.82, 2.24) is 9.88 Å². The third kappa shape index (κ3) is 4.23. The number of halogens is 2. The summed E-state index contributed by atoms with van der Waals surface area (Å²) in [5.41, 5.74) is 0.357. The molecule has 4 nitrogen and oxygen atoms in total. The van der Waals surface area contributed by atoms with E-state index in [0.717, 1.165) is 12.8 Å². The summed E-state index contributed by atoms with van der Waals surface area (Å²) in [6, 6.07) is 1.65. The molecule has 0 saturated carbocycles. The molecule has 1 N–H and O–H groups in total. The van der Waals surface area contributed by atoms with Crippen LogP contribution in [0.15, 0.2) is 16.7 Å². The summed E-state index contributed by atoms with van der Waals surface area (Å²) in [7, 11) is 0. The molecule has 0 saturated heterocycles. The van der Waals surface area contributed by atoms with E-state index in [4.69, 9.17) is 16.7 Å². The van der Waals surface area contributed by atoms with E-state index < -0.39 is 0 Å². The second-order valence-electron chi connectivity index (χ2n) is 3.86. The van der Waals surface area contributed by atoms with Crippen molar-refractivity contribution in [1.29, 1.82) is 0 Å². The van der Waals surface area contributed by atoms with E-state index in [2.05, 4.69) is 27.8 Å². The minimum Gasteiger partial charge on any atom is -0.395 e. The van der Waals surface area contributed by atoms with Gasteiger partial charge in [-0.05, 0) is 28.4 Å². The molecular weight excluding hydrogens is 320 g/mol. The highest BCUT2D eigenvalue weighted by atomic mass is 79.9. The van der Waals surface area contributed by atoms with Gasteiger partial charge in [0.25, 0.3) is 5.91 Å². The number of carbonyl (C=O) groups is 1. The fourth-order valence-corrected chi connectivity index (χ4v) is 2.04. The quantitative estimate of drug-likeness (QED) is 0.813. The zero-order valence-electron chi connectivity index (χ0n) is 10.2. The van der Waals surface area contributed by atoms with Crippen molar-refractivity contribution in [3.05, 3.63) is 27.5 Å². The molecule has 0 aliphatic rings. The van der Waals surface area contributed by atoms with Gasteiger partial charge in [0.2, 0.25) is 0 Å². The maximum Gasteiger partial charge on any atom is 0.257 e. The SMILES string of the molecule is CCCCN(CCO)C(=O)c1cc(Br)cnc1Cl. The molecule has 100 valence electrons. The summed E-state index contributed by atoms with van der Waals surface area (Å²) < 4.78 is 0.703. The van der Waals surface area contributed by atoms with E-state index in [1.807, 2.05) is 0 Å². The van der Waals surface area contributed by atoms with Crippen LogP contribution in [0.25, 0.3) is 0 Å². The van der Waals surface area contributed by atoms with Crippen LogP contribution < -0.4 is 0 Å². The van der Waals surface area contributed by atoms with Crippen LogP contribution in [-0.2, 0) is 0 Å². The van der Waals surface area contributed by atoms with E-state index in [1.165, 1.54) is 0 Å². The van der Waals surface area contributed by atoms with Crippen LogP contribution in [0, 0.1) is 0 Å². The van der Waals surface area contributed by atoms with Gasteiger partial charge in [-0.1, -0.05) is 24.9 Å². The summed E-state index contributed by atoms with van der Waals surface area (Å²) in [4.78, 5) is 17.8. The normalized spacial score (nSPS) is 10.4. The van der Waals surface area contributed by atoms with Gasteiger partial charge in [-0.15, -0.1) is 0 Å². The topological polar surface area (TPSA) is 53.4 Å². The zero-order chi connectivity index (χ0) is 13.5. The average molecular weight is 336 g/mol. The minimum absolute atomic E-state index is 0.0610. The van der Waals surface area contributed by atoms with Crippen molar-refractivity contribution in [3.8, 4) is 0 Å². The third-order valence-electron chi connectivity index (χ3n) is 2.47. The molecule has 0 spiro atoms. The molecule has 0 bridgehead atoms. The number of aliphatic hydroxyl groups is 1. The summed E-state index contributed by atoms with van der Waals surface area (Å²) >= 11 is 9.19. The summed E-state index contributed by atoms with van der Waals surface area (Å²) in [5.74, 6) is -0.198. The fraction of sp³-hybridized carbons (Fsp3) is 0.500. The molecule has 1 aromatic rings. The maximum absolute atomic E-state index is 12.3. The van der Waals surface area contributed by atoms with Gasteiger partial charge in [-0.25, -0.2) is 4.98 Å². The van der Waals surface area contributed by atoms with Crippen molar-refractivity contribution in [2.24, 2.45) is 0 Å². The van der Waals surface area contributed by atoms with Crippen LogP contribution in [0.2, 0.25) is 5.15 Å². The molecule has 1 heterocycles. The van der Waals surface area contributed by atoms with E-state index in [1.54, 1.807) is 17.2 Å². The Balaban J connectivity index is 2.90. The number of hydrogen-bond acceptors (Lipinski definition) is 3. The van der Waals surface area contributed by atoms with Crippen molar-refractivity contribution in [2.45, 2.75) is 19.8 Å². The molecule has 1 amide bonds. The number of carbonyl (C=O) groups excluding carboxylic acids is 1. The number of rotatable bonds is 6. The zero-order valence-corrected chi connectivity index (χ0v) is 12.5. The number of pyridine rings is 1. The molecule has 0 atom stereocenters. The first-order valence-electron chi connectivity index (χ1n) is 5.81. The Kier molecular flexibility index (Phi) is 6.60. The average Bonchev–Trinajstić information content (AvgIpc) is 2.36. The van der Waals surface area contributed by atoms with Crippen LogP contribution in [0.4, 0.5) is 0 Å². The fourth-order valence-electron chi connectivity index (χ4n) is 1.53. The molecule has 0 unspecified atom stereocenters. The smallest absolute Gasteiger partial charge is 0.257 e. The predicted molar refractivity (Wildman–Crippen MR) is 74.8 cm³/mol. The molecular formula is C12H16BrClN2O2. The highest BCUT2D eigenvalue weighted by molar-refractivity contribution is 9.10. The largest absolute Gasteiger partial charge is 0.395 e. The monoisotopic (exact) mass is 334 g/mol. The molecule has 0 aromatic carbocycles. The molecule has 0 aliphatic carbocycles. The number of hydrogen-bond donors (Lipinski definition) is 1. The molecule has 0 fully saturated rings. The standard InChI is InChI=1S/C12H16BrClN2O2/c1-2-3-4-16(5-6-17)12(18)10-7-9(13)8-15-11(10)14/h7-8,17H,2-6H2,1H3. The number of nitrogens with zero attached hydrogens (tertiary/aromatic N) is 2. The third-order valence-corrected chi connectivity index (χ3v) is 3.21. The van der Waals surface area contributed by atoms with Crippen LogP contribution in [0.5, 0.6) is 0 Å².